The van der Waals surface area contributed by atoms with Crippen LogP contribution < -0.4 is 5.73 Å². The van der Waals surface area contributed by atoms with E-state index in [0.717, 1.165) is 6.42 Å². The number of nitrogens with two attached hydrogens (primary N) is 1. The Morgan fingerprint density at radius 3 is 2.40 bits per heavy atom. The van der Waals surface area contributed by atoms with Gasteiger partial charge >= 0.3 is 117 Å². The number of hydrogen-bond donors (Lipinski definition) is 6. The topological polar surface area (TPSA) is 146 Å². The zero-order valence-corrected chi connectivity index (χ0v) is 12.3. The average molecular weight is 313 g/mol. The van der Waals surface area contributed by atoms with Crippen molar-refractivity contribution in [1.29, 1.82) is 0 Å². The van der Waals surface area contributed by atoms with E-state index in [0.29, 0.717) is 12.8 Å². The minimum absolute atomic E-state index is 0.0587. The van der Waals surface area contributed by atoms with Crippen molar-refractivity contribution in [3.63, 3.8) is 0 Å². The minimum atomic E-state index is -4.74. The Bertz CT molecular complexity index is 339. The van der Waals surface area contributed by atoms with Gasteiger partial charge in [-0.1, -0.05) is 0 Å². The van der Waals surface area contributed by atoms with Gasteiger partial charge in [-0.2, -0.15) is 0 Å². The summed E-state index contributed by atoms with van der Waals surface area (Å²) in [5, 5.41) is 20.3. The van der Waals surface area contributed by atoms with Crippen LogP contribution >= 0.6 is 8.17 Å². The molecule has 1 aliphatic heterocycles. The Morgan fingerprint density at radius 2 is 1.85 bits per heavy atom. The van der Waals surface area contributed by atoms with Crippen molar-refractivity contribution in [1.82, 2.24) is 0 Å². The number of hydrogen-bond acceptors (Lipinski definition) is 8. The monoisotopic (exact) mass is 313 g/mol. The summed E-state index contributed by atoms with van der Waals surface area (Å²) in [6, 6.07) is -0.0587. The van der Waals surface area contributed by atoms with E-state index in [4.69, 9.17) is 29.7 Å². The molecule has 120 valence electrons. The maximum atomic E-state index is 10.2. The van der Waals surface area contributed by atoms with Crippen molar-refractivity contribution < 1.29 is 34.2 Å². The van der Waals surface area contributed by atoms with Crippen LogP contribution in [-0.4, -0.2) is 61.5 Å². The molecule has 7 atom stereocenters. The summed E-state index contributed by atoms with van der Waals surface area (Å²) in [7, 11) is -4.74. The van der Waals surface area contributed by atoms with Gasteiger partial charge in [-0.25, -0.2) is 0 Å². The summed E-state index contributed by atoms with van der Waals surface area (Å²) in [4.78, 5) is 27.0. The van der Waals surface area contributed by atoms with Crippen LogP contribution in [0.1, 0.15) is 26.2 Å². The van der Waals surface area contributed by atoms with Crippen LogP contribution in [0.5, 0.6) is 0 Å². The van der Waals surface area contributed by atoms with Crippen LogP contribution in [0.3, 0.4) is 0 Å². The van der Waals surface area contributed by atoms with Crippen molar-refractivity contribution in [2.75, 3.05) is 0 Å². The van der Waals surface area contributed by atoms with Crippen LogP contribution in [0, 0.1) is 5.92 Å². The zero-order chi connectivity index (χ0) is 15.1. The molecular formula is C11H24NO7P. The third kappa shape index (κ3) is 3.65. The predicted molar refractivity (Wildman–Crippen MR) is 71.5 cm³/mol. The van der Waals surface area contributed by atoms with Crippen molar-refractivity contribution in [3.05, 3.63) is 0 Å². The third-order valence-electron chi connectivity index (χ3n) is 4.13. The Labute approximate surface area is 117 Å². The standard InChI is InChI=1S/C11H24NO7P/c1-5-10(19-20(15,16)17)9(14)11(18-5)7-3-2-6(12)4-8(7)13/h5-11,13-17,20H,2-4,12H2,1H3. The fourth-order valence-electron chi connectivity index (χ4n) is 3.16. The molecule has 9 heteroatoms. The molecule has 0 aromatic rings. The second-order valence-electron chi connectivity index (χ2n) is 5.76. The van der Waals surface area contributed by atoms with E-state index in [1.165, 1.54) is 0 Å². The number of aliphatic hydroxyl groups is 2. The van der Waals surface area contributed by atoms with E-state index in [2.05, 4.69) is 0 Å². The van der Waals surface area contributed by atoms with Crippen molar-refractivity contribution >= 4 is 8.17 Å². The second kappa shape index (κ2) is 6.08. The molecule has 7 unspecified atom stereocenters. The van der Waals surface area contributed by atoms with Gasteiger partial charge in [0.25, 0.3) is 0 Å². The van der Waals surface area contributed by atoms with Gasteiger partial charge in [-0.3, -0.25) is 0 Å². The fourth-order valence-corrected chi connectivity index (χ4v) is 3.85. The number of rotatable bonds is 3. The van der Waals surface area contributed by atoms with E-state index in [9.17, 15) is 10.2 Å². The molecule has 0 aromatic heterocycles. The molecule has 0 spiro atoms. The molecule has 7 N–H and O–H groups in total. The zero-order valence-electron chi connectivity index (χ0n) is 11.3. The summed E-state index contributed by atoms with van der Waals surface area (Å²) in [6.45, 7) is 1.61. The Morgan fingerprint density at radius 1 is 1.20 bits per heavy atom. The van der Waals surface area contributed by atoms with E-state index < -0.39 is 38.7 Å². The Kier molecular flexibility index (Phi) is 5.01. The van der Waals surface area contributed by atoms with Gasteiger partial charge in [0.1, 0.15) is 0 Å². The van der Waals surface area contributed by atoms with E-state index in [-0.39, 0.29) is 12.0 Å². The summed E-state index contributed by atoms with van der Waals surface area (Å²) in [6.07, 6.45) is -2.35. The second-order valence-corrected chi connectivity index (χ2v) is 7.14. The molecule has 0 aromatic carbocycles. The van der Waals surface area contributed by atoms with Crippen LogP contribution in [0.15, 0.2) is 0 Å². The maximum absolute atomic E-state index is 10.2. The van der Waals surface area contributed by atoms with Gasteiger partial charge in [0, 0.05) is 0 Å². The molecule has 2 aliphatic rings. The van der Waals surface area contributed by atoms with Gasteiger partial charge < -0.3 is 0 Å². The van der Waals surface area contributed by atoms with Crippen molar-refractivity contribution in [3.8, 4) is 0 Å². The first-order valence-electron chi connectivity index (χ1n) is 6.81. The first kappa shape index (κ1) is 16.5. The van der Waals surface area contributed by atoms with Gasteiger partial charge in [0.15, 0.2) is 0 Å². The summed E-state index contributed by atoms with van der Waals surface area (Å²) >= 11 is 0. The van der Waals surface area contributed by atoms with E-state index in [1.807, 2.05) is 0 Å². The fraction of sp³-hybridized carbons (Fsp3) is 1.00. The molecule has 2 fully saturated rings. The Hall–Kier alpha value is 0.110. The molecule has 20 heavy (non-hydrogen) atoms. The molecule has 2 rings (SSSR count). The van der Waals surface area contributed by atoms with Gasteiger partial charge in [0.05, 0.1) is 0 Å². The van der Waals surface area contributed by atoms with Crippen molar-refractivity contribution in [2.45, 2.75) is 62.7 Å². The summed E-state index contributed by atoms with van der Waals surface area (Å²) in [5.74, 6) is -0.284. The van der Waals surface area contributed by atoms with Gasteiger partial charge in [0.2, 0.25) is 0 Å². The molecule has 0 amide bonds. The summed E-state index contributed by atoms with van der Waals surface area (Å²) in [5.41, 5.74) is 5.78. The van der Waals surface area contributed by atoms with Crippen LogP contribution in [0.2, 0.25) is 0 Å². The molecule has 0 bridgehead atoms. The van der Waals surface area contributed by atoms with Crippen LogP contribution in [0.4, 0.5) is 0 Å². The molecule has 0 radical (unpaired) electrons. The number of aliphatic hydroxyl groups excluding tert-OH is 2. The Balaban J connectivity index is 2.04. The van der Waals surface area contributed by atoms with E-state index in [1.54, 1.807) is 6.92 Å². The quantitative estimate of drug-likeness (QED) is 0.341. The normalized spacial score (nSPS) is 47.5. The van der Waals surface area contributed by atoms with E-state index >= 15 is 0 Å². The molecule has 1 aliphatic carbocycles. The van der Waals surface area contributed by atoms with Crippen molar-refractivity contribution in [2.24, 2.45) is 11.7 Å². The molecular weight excluding hydrogens is 289 g/mol. The first-order valence-corrected chi connectivity index (χ1v) is 8.56. The molecule has 1 saturated heterocycles. The molecule has 8 nitrogen and oxygen atoms in total. The summed E-state index contributed by atoms with van der Waals surface area (Å²) < 4.78 is 10.3. The van der Waals surface area contributed by atoms with Crippen LogP contribution in [-0.2, 0) is 9.26 Å². The molecule has 1 heterocycles. The predicted octanol–water partition coefficient (Wildman–Crippen LogP) is -1.61. The third-order valence-corrected chi connectivity index (χ3v) is 4.72. The molecule has 1 saturated carbocycles. The first-order chi connectivity index (χ1) is 9.19. The SMILES string of the molecule is CC1OC(C2CCC(N)CC2O)C(O)C1O[PH](O)(O)O. The average Bonchev–Trinajstić information content (AvgIpc) is 2.55. The van der Waals surface area contributed by atoms with Gasteiger partial charge in [-0.15, -0.1) is 0 Å². The van der Waals surface area contributed by atoms with Crippen LogP contribution in [0.25, 0.3) is 0 Å². The van der Waals surface area contributed by atoms with Gasteiger partial charge in [-0.05, 0) is 0 Å². The number of ether oxygens (including phenoxy) is 1.